The monoisotopic (exact) mass is 462 g/mol. The van der Waals surface area contributed by atoms with E-state index in [0.29, 0.717) is 34.8 Å². The average Bonchev–Trinajstić information content (AvgIpc) is 3.14. The van der Waals surface area contributed by atoms with Crippen LogP contribution in [0.1, 0.15) is 12.5 Å². The second-order valence-electron chi connectivity index (χ2n) is 8.57. The van der Waals surface area contributed by atoms with Gasteiger partial charge in [0, 0.05) is 26.2 Å². The molecule has 13 nitrogen and oxygen atoms in total. The van der Waals surface area contributed by atoms with Crippen LogP contribution in [0.2, 0.25) is 0 Å². The van der Waals surface area contributed by atoms with Gasteiger partial charge in [0.05, 0.1) is 35.8 Å². The van der Waals surface area contributed by atoms with Gasteiger partial charge in [0.15, 0.2) is 17.0 Å². The van der Waals surface area contributed by atoms with Gasteiger partial charge < -0.3 is 25.4 Å². The number of pyridine rings is 1. The minimum atomic E-state index is -1.18. The molecule has 174 valence electrons. The van der Waals surface area contributed by atoms with Crippen LogP contribution in [0.5, 0.6) is 0 Å². The first kappa shape index (κ1) is 20.6. The minimum Gasteiger partial charge on any atom is -0.389 e. The van der Waals surface area contributed by atoms with Crippen LogP contribution in [-0.4, -0.2) is 81.9 Å². The summed E-state index contributed by atoms with van der Waals surface area (Å²) < 4.78 is 3.15. The zero-order valence-corrected chi connectivity index (χ0v) is 18.4. The fraction of sp³-hybridized carbons (Fsp3) is 0.381. The van der Waals surface area contributed by atoms with Crippen LogP contribution in [0.15, 0.2) is 36.9 Å². The number of carbonyl (C=O) groups excluding carboxylic acids is 1. The van der Waals surface area contributed by atoms with Crippen molar-refractivity contribution in [3.63, 3.8) is 0 Å². The summed E-state index contributed by atoms with van der Waals surface area (Å²) >= 11 is 0. The first-order valence-corrected chi connectivity index (χ1v) is 10.8. The molecule has 4 aromatic rings. The molecule has 0 unspecified atom stereocenters. The zero-order valence-electron chi connectivity index (χ0n) is 18.4. The van der Waals surface area contributed by atoms with E-state index in [4.69, 9.17) is 0 Å². The lowest BCUT2D eigenvalue weighted by atomic mass is 9.98. The number of rotatable bonds is 5. The molecule has 2 aliphatic carbocycles. The summed E-state index contributed by atoms with van der Waals surface area (Å²) in [7, 11) is 3.25. The maximum absolute atomic E-state index is 12.5. The van der Waals surface area contributed by atoms with Crippen molar-refractivity contribution < 1.29 is 15.0 Å². The molecule has 6 rings (SSSR count). The Morgan fingerprint density at radius 1 is 1.18 bits per heavy atom. The van der Waals surface area contributed by atoms with Crippen LogP contribution in [0.4, 0.5) is 5.82 Å². The number of fused-ring (bicyclic) bond motifs is 2. The van der Waals surface area contributed by atoms with Crippen molar-refractivity contribution in [1.82, 2.24) is 44.8 Å². The Bertz CT molecular complexity index is 1400. The Kier molecular flexibility index (Phi) is 4.41. The summed E-state index contributed by atoms with van der Waals surface area (Å²) in [5.41, 5.74) is 1.17. The van der Waals surface area contributed by atoms with E-state index in [1.165, 1.54) is 11.7 Å². The van der Waals surface area contributed by atoms with Crippen molar-refractivity contribution in [1.29, 1.82) is 0 Å². The zero-order chi connectivity index (χ0) is 23.6. The SMILES string of the molecule is CNC(=O)[C@@]12C[C@@H]1[C@@H](n1cnc3c(NC)nc(-n4cc(-c5ccccn5)nn4)nc31)[C@H](O)[C@@H]2O. The fourth-order valence-electron chi connectivity index (χ4n) is 5.18. The topological polar surface area (TPSA) is 169 Å². The molecule has 0 spiro atoms. The van der Waals surface area contributed by atoms with Crippen LogP contribution >= 0.6 is 0 Å². The van der Waals surface area contributed by atoms with Gasteiger partial charge in [-0.3, -0.25) is 9.78 Å². The highest BCUT2D eigenvalue weighted by molar-refractivity contribution is 5.88. The van der Waals surface area contributed by atoms with Crippen molar-refractivity contribution in [3.05, 3.63) is 36.9 Å². The van der Waals surface area contributed by atoms with E-state index in [9.17, 15) is 15.0 Å². The predicted octanol–water partition coefficient (Wildman–Crippen LogP) is -0.461. The number of nitrogens with zero attached hydrogens (tertiary/aromatic N) is 8. The maximum atomic E-state index is 12.5. The molecule has 0 saturated heterocycles. The van der Waals surface area contributed by atoms with Gasteiger partial charge in [0.2, 0.25) is 5.91 Å². The van der Waals surface area contributed by atoms with Crippen LogP contribution in [0, 0.1) is 11.3 Å². The Morgan fingerprint density at radius 3 is 2.76 bits per heavy atom. The second-order valence-corrected chi connectivity index (χ2v) is 8.57. The number of nitrogens with one attached hydrogen (secondary N) is 2. The van der Waals surface area contributed by atoms with E-state index < -0.39 is 23.7 Å². The molecule has 13 heteroatoms. The summed E-state index contributed by atoms with van der Waals surface area (Å²) in [6.45, 7) is 0. The highest BCUT2D eigenvalue weighted by Crippen LogP contribution is 2.67. The van der Waals surface area contributed by atoms with Crippen LogP contribution in [-0.2, 0) is 4.79 Å². The molecule has 5 atom stereocenters. The van der Waals surface area contributed by atoms with Gasteiger partial charge >= 0.3 is 0 Å². The molecule has 2 fully saturated rings. The lowest BCUT2D eigenvalue weighted by Gasteiger charge is -2.23. The van der Waals surface area contributed by atoms with Crippen molar-refractivity contribution in [2.45, 2.75) is 24.7 Å². The van der Waals surface area contributed by atoms with Crippen LogP contribution < -0.4 is 10.6 Å². The molecule has 4 heterocycles. The van der Waals surface area contributed by atoms with Crippen molar-refractivity contribution in [3.8, 4) is 17.3 Å². The molecular weight excluding hydrogens is 440 g/mol. The molecule has 2 aliphatic rings. The summed E-state index contributed by atoms with van der Waals surface area (Å²) in [6.07, 6.45) is 3.06. The van der Waals surface area contributed by atoms with Crippen LogP contribution in [0.3, 0.4) is 0 Å². The molecule has 34 heavy (non-hydrogen) atoms. The Balaban J connectivity index is 1.44. The molecule has 0 aliphatic heterocycles. The van der Waals surface area contributed by atoms with Gasteiger partial charge in [-0.05, 0) is 18.6 Å². The molecule has 0 bridgehead atoms. The van der Waals surface area contributed by atoms with Gasteiger partial charge in [-0.1, -0.05) is 11.3 Å². The molecule has 0 aromatic carbocycles. The Labute approximate surface area is 192 Å². The quantitative estimate of drug-likeness (QED) is 0.304. The minimum absolute atomic E-state index is 0.242. The van der Waals surface area contributed by atoms with Gasteiger partial charge in [0.25, 0.3) is 5.95 Å². The fourth-order valence-corrected chi connectivity index (χ4v) is 5.18. The number of aliphatic hydroxyl groups is 2. The normalized spacial score (nSPS) is 27.5. The number of imidazole rings is 1. The molecular formula is C21H22N10O3. The Hall–Kier alpha value is -3.97. The maximum Gasteiger partial charge on any atom is 0.256 e. The first-order valence-electron chi connectivity index (χ1n) is 10.8. The smallest absolute Gasteiger partial charge is 0.256 e. The molecule has 0 radical (unpaired) electrons. The number of hydrogen-bond donors (Lipinski definition) is 4. The summed E-state index contributed by atoms with van der Waals surface area (Å²) in [5.74, 6) is 0.199. The van der Waals surface area contributed by atoms with E-state index in [2.05, 4.69) is 40.9 Å². The lowest BCUT2D eigenvalue weighted by Crippen LogP contribution is -2.41. The van der Waals surface area contributed by atoms with Gasteiger partial charge in [-0.25, -0.2) is 4.98 Å². The van der Waals surface area contributed by atoms with E-state index in [1.807, 2.05) is 18.2 Å². The van der Waals surface area contributed by atoms with Gasteiger partial charge in [0.1, 0.15) is 11.8 Å². The molecule has 2 saturated carbocycles. The standard InChI is InChI=1S/C21H22N10O3/c1-22-17-13-18(27-20(26-17)31-8-12(28-29-31)11-5-3-4-6-24-11)30(9-25-13)14-10-7-21(10,19(34)23-2)16(33)15(14)32/h3-6,8-10,14-16,32-33H,7H2,1-2H3,(H,23,34)(H,22,26,27)/t10-,14-,15+,16+,21+/m1/s1. The summed E-state index contributed by atoms with van der Waals surface area (Å²) in [6, 6.07) is 4.94. The van der Waals surface area contributed by atoms with E-state index in [-0.39, 0.29) is 17.8 Å². The number of aliphatic hydroxyl groups excluding tert-OH is 2. The van der Waals surface area contributed by atoms with Crippen molar-refractivity contribution >= 4 is 22.9 Å². The number of hydrogen-bond acceptors (Lipinski definition) is 10. The highest BCUT2D eigenvalue weighted by atomic mass is 16.3. The molecule has 4 N–H and O–H groups in total. The van der Waals surface area contributed by atoms with Gasteiger partial charge in [-0.2, -0.15) is 14.6 Å². The van der Waals surface area contributed by atoms with Gasteiger partial charge in [-0.15, -0.1) is 5.10 Å². The summed E-state index contributed by atoms with van der Waals surface area (Å²) in [5, 5.41) is 35.6. The lowest BCUT2D eigenvalue weighted by molar-refractivity contribution is -0.132. The second kappa shape index (κ2) is 7.27. The number of carbonyl (C=O) groups is 1. The molecule has 4 aromatic heterocycles. The highest BCUT2D eigenvalue weighted by Gasteiger charge is 2.75. The number of aromatic nitrogens is 8. The average molecular weight is 462 g/mol. The van der Waals surface area contributed by atoms with Crippen molar-refractivity contribution in [2.75, 3.05) is 19.4 Å². The van der Waals surface area contributed by atoms with E-state index in [1.54, 1.807) is 30.3 Å². The first-order chi connectivity index (χ1) is 16.5. The molecule has 1 amide bonds. The van der Waals surface area contributed by atoms with Crippen molar-refractivity contribution in [2.24, 2.45) is 11.3 Å². The van der Waals surface area contributed by atoms with E-state index in [0.717, 1.165) is 0 Å². The Morgan fingerprint density at radius 2 is 2.03 bits per heavy atom. The van der Waals surface area contributed by atoms with Crippen LogP contribution in [0.25, 0.3) is 28.5 Å². The van der Waals surface area contributed by atoms with E-state index >= 15 is 0 Å². The number of amides is 1. The third-order valence-electron chi connectivity index (χ3n) is 6.92. The number of anilines is 1. The third-order valence-corrected chi connectivity index (χ3v) is 6.92. The predicted molar refractivity (Wildman–Crippen MR) is 119 cm³/mol. The third kappa shape index (κ3) is 2.70. The largest absolute Gasteiger partial charge is 0.389 e. The summed E-state index contributed by atoms with van der Waals surface area (Å²) in [4.78, 5) is 30.4.